The zero-order chi connectivity index (χ0) is 18.5. The number of nitrogens with one attached hydrogen (secondary N) is 1. The molecule has 1 amide bonds. The minimum atomic E-state index is -0.246. The topological polar surface area (TPSA) is 64.1 Å². The monoisotopic (exact) mass is 387 g/mol. The largest absolute Gasteiger partial charge is 0.383 e. The lowest BCUT2D eigenvalue weighted by molar-refractivity contribution is -0.120. The Morgan fingerprint density at radius 2 is 2.08 bits per heavy atom. The van der Waals surface area contributed by atoms with Crippen LogP contribution in [0.25, 0.3) is 20.7 Å². The van der Waals surface area contributed by atoms with Gasteiger partial charge in [-0.15, -0.1) is 11.3 Å². The SMILES string of the molecule is COCCNC(=O)[C@H](C)Sc1nc(C)nc2sc(-c3ccccc3)cc12. The van der Waals surface area contributed by atoms with E-state index in [4.69, 9.17) is 4.74 Å². The smallest absolute Gasteiger partial charge is 0.233 e. The number of ether oxygens (including phenoxy) is 1. The van der Waals surface area contributed by atoms with Crippen molar-refractivity contribution in [3.63, 3.8) is 0 Å². The molecule has 3 aromatic rings. The van der Waals surface area contributed by atoms with Gasteiger partial charge < -0.3 is 10.1 Å². The molecule has 0 aliphatic heterocycles. The first-order valence-electron chi connectivity index (χ1n) is 8.35. The lowest BCUT2D eigenvalue weighted by Gasteiger charge is -2.12. The van der Waals surface area contributed by atoms with Gasteiger partial charge in [0.1, 0.15) is 15.7 Å². The number of nitrogens with zero attached hydrogens (tertiary/aromatic N) is 2. The zero-order valence-corrected chi connectivity index (χ0v) is 16.6. The molecule has 0 radical (unpaired) electrons. The molecule has 3 rings (SSSR count). The van der Waals surface area contributed by atoms with Gasteiger partial charge in [0, 0.05) is 23.9 Å². The molecule has 0 aliphatic carbocycles. The number of aromatic nitrogens is 2. The van der Waals surface area contributed by atoms with E-state index in [1.54, 1.807) is 18.4 Å². The van der Waals surface area contributed by atoms with Gasteiger partial charge in [0.25, 0.3) is 0 Å². The third-order valence-electron chi connectivity index (χ3n) is 3.79. The van der Waals surface area contributed by atoms with Gasteiger partial charge in [-0.2, -0.15) is 0 Å². The molecule has 0 fully saturated rings. The molecule has 136 valence electrons. The van der Waals surface area contributed by atoms with Crippen molar-refractivity contribution in [1.82, 2.24) is 15.3 Å². The van der Waals surface area contributed by atoms with Gasteiger partial charge in [-0.1, -0.05) is 42.1 Å². The number of thiophene rings is 1. The summed E-state index contributed by atoms with van der Waals surface area (Å²) < 4.78 is 4.97. The molecule has 1 N–H and O–H groups in total. The molecule has 0 unspecified atom stereocenters. The fraction of sp³-hybridized carbons (Fsp3) is 0.316. The number of aryl methyl sites for hydroxylation is 1. The minimum Gasteiger partial charge on any atom is -0.383 e. The van der Waals surface area contributed by atoms with Crippen LogP contribution >= 0.6 is 23.1 Å². The van der Waals surface area contributed by atoms with E-state index in [0.29, 0.717) is 19.0 Å². The molecular weight excluding hydrogens is 366 g/mol. The van der Waals surface area contributed by atoms with E-state index in [-0.39, 0.29) is 11.2 Å². The summed E-state index contributed by atoms with van der Waals surface area (Å²) in [5, 5.41) is 4.47. The van der Waals surface area contributed by atoms with Crippen LogP contribution < -0.4 is 5.32 Å². The van der Waals surface area contributed by atoms with Crippen molar-refractivity contribution in [1.29, 1.82) is 0 Å². The standard InChI is InChI=1S/C19H21N3O2S2/c1-12(17(23)20-9-10-24-3)25-18-15-11-16(14-7-5-4-6-8-14)26-19(15)22-13(2)21-18/h4-8,11-12H,9-10H2,1-3H3,(H,20,23)/t12-/m0/s1. The molecule has 0 aliphatic rings. The number of benzene rings is 1. The summed E-state index contributed by atoms with van der Waals surface area (Å²) in [4.78, 5) is 23.5. The van der Waals surface area contributed by atoms with Gasteiger partial charge in [-0.3, -0.25) is 4.79 Å². The van der Waals surface area contributed by atoms with Crippen LogP contribution in [0.1, 0.15) is 12.7 Å². The second-order valence-corrected chi connectivity index (χ2v) is 8.18. The first kappa shape index (κ1) is 18.8. The summed E-state index contributed by atoms with van der Waals surface area (Å²) in [6, 6.07) is 12.4. The van der Waals surface area contributed by atoms with Crippen molar-refractivity contribution in [3.05, 3.63) is 42.2 Å². The third-order valence-corrected chi connectivity index (χ3v) is 5.97. The van der Waals surface area contributed by atoms with Gasteiger partial charge in [0.15, 0.2) is 0 Å². The van der Waals surface area contributed by atoms with E-state index in [0.717, 1.165) is 25.7 Å². The maximum atomic E-state index is 12.2. The number of carbonyl (C=O) groups excluding carboxylic acids is 1. The van der Waals surface area contributed by atoms with Gasteiger partial charge in [0.05, 0.1) is 11.9 Å². The molecule has 1 atom stereocenters. The van der Waals surface area contributed by atoms with E-state index in [1.165, 1.54) is 11.8 Å². The number of amides is 1. The second kappa shape index (κ2) is 8.62. The molecule has 0 spiro atoms. The highest BCUT2D eigenvalue weighted by Gasteiger charge is 2.18. The van der Waals surface area contributed by atoms with Crippen LogP contribution in [0.3, 0.4) is 0 Å². The summed E-state index contributed by atoms with van der Waals surface area (Å²) in [5.41, 5.74) is 1.16. The molecule has 0 saturated heterocycles. The van der Waals surface area contributed by atoms with E-state index >= 15 is 0 Å². The molecule has 7 heteroatoms. The molecule has 2 aromatic heterocycles. The molecule has 0 bridgehead atoms. The number of carbonyl (C=O) groups is 1. The van der Waals surface area contributed by atoms with Crippen LogP contribution in [0.2, 0.25) is 0 Å². The minimum absolute atomic E-state index is 0.0185. The van der Waals surface area contributed by atoms with Crippen LogP contribution in [0, 0.1) is 6.92 Å². The summed E-state index contributed by atoms with van der Waals surface area (Å²) >= 11 is 3.11. The highest BCUT2D eigenvalue weighted by Crippen LogP contribution is 2.37. The third kappa shape index (κ3) is 4.41. The van der Waals surface area contributed by atoms with Gasteiger partial charge in [0.2, 0.25) is 5.91 Å². The first-order chi connectivity index (χ1) is 12.6. The van der Waals surface area contributed by atoms with Crippen molar-refractivity contribution in [3.8, 4) is 10.4 Å². The van der Waals surface area contributed by atoms with Crippen molar-refractivity contribution < 1.29 is 9.53 Å². The maximum absolute atomic E-state index is 12.2. The summed E-state index contributed by atoms with van der Waals surface area (Å²) in [6.07, 6.45) is 0. The lowest BCUT2D eigenvalue weighted by atomic mass is 10.2. The molecule has 1 aromatic carbocycles. The van der Waals surface area contributed by atoms with Crippen LogP contribution in [-0.2, 0) is 9.53 Å². The summed E-state index contributed by atoms with van der Waals surface area (Å²) in [6.45, 7) is 4.79. The van der Waals surface area contributed by atoms with Crippen LogP contribution in [0.4, 0.5) is 0 Å². The van der Waals surface area contributed by atoms with Crippen LogP contribution in [-0.4, -0.2) is 41.4 Å². The predicted octanol–water partition coefficient (Wildman–Crippen LogP) is 3.91. The quantitative estimate of drug-likeness (QED) is 0.378. The molecular formula is C19H21N3O2S2. The Hall–Kier alpha value is -1.96. The Morgan fingerprint density at radius 1 is 1.31 bits per heavy atom. The first-order valence-corrected chi connectivity index (χ1v) is 10.0. The predicted molar refractivity (Wildman–Crippen MR) is 108 cm³/mol. The van der Waals surface area contributed by atoms with Crippen LogP contribution in [0.15, 0.2) is 41.4 Å². The molecule has 26 heavy (non-hydrogen) atoms. The Labute approximate surface area is 161 Å². The van der Waals surface area contributed by atoms with Crippen LogP contribution in [0.5, 0.6) is 0 Å². The Kier molecular flexibility index (Phi) is 6.24. The van der Waals surface area contributed by atoms with E-state index < -0.39 is 0 Å². The highest BCUT2D eigenvalue weighted by atomic mass is 32.2. The highest BCUT2D eigenvalue weighted by molar-refractivity contribution is 8.00. The summed E-state index contributed by atoms with van der Waals surface area (Å²) in [7, 11) is 1.62. The van der Waals surface area contributed by atoms with Crippen molar-refractivity contribution in [2.24, 2.45) is 0 Å². The fourth-order valence-electron chi connectivity index (χ4n) is 2.47. The second-order valence-electron chi connectivity index (χ2n) is 5.82. The number of thioether (sulfide) groups is 1. The summed E-state index contributed by atoms with van der Waals surface area (Å²) in [5.74, 6) is 0.698. The van der Waals surface area contributed by atoms with Crippen molar-refractivity contribution in [2.75, 3.05) is 20.3 Å². The average Bonchev–Trinajstić information content (AvgIpc) is 3.06. The molecule has 2 heterocycles. The van der Waals surface area contributed by atoms with E-state index in [1.807, 2.05) is 32.0 Å². The number of rotatable bonds is 7. The van der Waals surface area contributed by atoms with Crippen molar-refractivity contribution >= 4 is 39.2 Å². The molecule has 0 saturated carbocycles. The molecule has 5 nitrogen and oxygen atoms in total. The van der Waals surface area contributed by atoms with E-state index in [9.17, 15) is 4.79 Å². The van der Waals surface area contributed by atoms with Gasteiger partial charge in [-0.05, 0) is 25.5 Å². The number of hydrogen-bond donors (Lipinski definition) is 1. The van der Waals surface area contributed by atoms with E-state index in [2.05, 4.69) is 33.5 Å². The van der Waals surface area contributed by atoms with Gasteiger partial charge in [-0.25, -0.2) is 9.97 Å². The average molecular weight is 388 g/mol. The Morgan fingerprint density at radius 3 is 2.81 bits per heavy atom. The zero-order valence-electron chi connectivity index (χ0n) is 15.0. The lowest BCUT2D eigenvalue weighted by Crippen LogP contribution is -2.33. The Bertz CT molecular complexity index is 896. The Balaban J connectivity index is 1.86. The maximum Gasteiger partial charge on any atom is 0.233 e. The number of fused-ring (bicyclic) bond motifs is 1. The normalized spacial score (nSPS) is 12.3. The number of hydrogen-bond acceptors (Lipinski definition) is 6. The number of methoxy groups -OCH3 is 1. The van der Waals surface area contributed by atoms with Gasteiger partial charge >= 0.3 is 0 Å². The van der Waals surface area contributed by atoms with Crippen molar-refractivity contribution in [2.45, 2.75) is 24.1 Å². The fourth-order valence-corrected chi connectivity index (χ4v) is 4.61.